The molecule has 17 heavy (non-hydrogen) atoms. The van der Waals surface area contributed by atoms with E-state index in [2.05, 4.69) is 12.8 Å². The monoisotopic (exact) mass is 232 g/mol. The predicted molar refractivity (Wildman–Crippen MR) is 65.4 cm³/mol. The van der Waals surface area contributed by atoms with E-state index in [-0.39, 0.29) is 6.79 Å². The third-order valence-electron chi connectivity index (χ3n) is 2.90. The van der Waals surface area contributed by atoms with E-state index in [1.54, 1.807) is 7.11 Å². The fourth-order valence-electron chi connectivity index (χ4n) is 2.02. The van der Waals surface area contributed by atoms with Gasteiger partial charge in [0.05, 0.1) is 6.61 Å². The molecule has 1 aliphatic rings. The van der Waals surface area contributed by atoms with Crippen LogP contribution < -0.4 is 9.47 Å². The lowest BCUT2D eigenvalue weighted by atomic mass is 9.93. The Morgan fingerprint density at radius 3 is 3.06 bits per heavy atom. The summed E-state index contributed by atoms with van der Waals surface area (Å²) in [6, 6.07) is 3.76. The zero-order chi connectivity index (χ0) is 12.3. The molecule has 0 aromatic heterocycles. The highest BCUT2D eigenvalue weighted by Crippen LogP contribution is 2.40. The summed E-state index contributed by atoms with van der Waals surface area (Å²) in [6.07, 6.45) is 6.41. The Kier molecular flexibility index (Phi) is 3.55. The third kappa shape index (κ3) is 2.37. The van der Waals surface area contributed by atoms with Crippen molar-refractivity contribution >= 4 is 0 Å². The molecular formula is C14H16O3. The highest BCUT2D eigenvalue weighted by atomic mass is 16.7. The molecule has 2 rings (SSSR count). The van der Waals surface area contributed by atoms with Crippen LogP contribution in [-0.2, 0) is 4.74 Å². The molecule has 90 valence electrons. The fraction of sp³-hybridized carbons (Fsp3) is 0.429. The fourth-order valence-corrected chi connectivity index (χ4v) is 2.02. The van der Waals surface area contributed by atoms with E-state index in [0.717, 1.165) is 35.7 Å². The first-order valence-corrected chi connectivity index (χ1v) is 5.65. The lowest BCUT2D eigenvalue weighted by molar-refractivity contribution is 0.0495. The lowest BCUT2D eigenvalue weighted by Gasteiger charge is -2.25. The standard InChI is InChI=1S/C14H16O3/c1-4-11-7-12-14(10(2)5-6-16-12)13(8-11)17-9-15-3/h1,7-8,10H,5-6,9H2,2-3H3. The van der Waals surface area contributed by atoms with Crippen LogP contribution in [0.4, 0.5) is 0 Å². The van der Waals surface area contributed by atoms with Crippen molar-refractivity contribution in [2.45, 2.75) is 19.3 Å². The van der Waals surface area contributed by atoms with Gasteiger partial charge in [0.1, 0.15) is 11.5 Å². The smallest absolute Gasteiger partial charge is 0.188 e. The van der Waals surface area contributed by atoms with Crippen molar-refractivity contribution in [3.05, 3.63) is 23.3 Å². The Bertz CT molecular complexity index is 446. The number of methoxy groups -OCH3 is 1. The van der Waals surface area contributed by atoms with Crippen molar-refractivity contribution in [1.82, 2.24) is 0 Å². The molecule has 1 aromatic rings. The van der Waals surface area contributed by atoms with Gasteiger partial charge in [0.25, 0.3) is 0 Å². The molecule has 0 N–H and O–H groups in total. The Morgan fingerprint density at radius 2 is 2.35 bits per heavy atom. The van der Waals surface area contributed by atoms with Gasteiger partial charge < -0.3 is 14.2 Å². The van der Waals surface area contributed by atoms with Crippen molar-refractivity contribution in [1.29, 1.82) is 0 Å². The first-order valence-electron chi connectivity index (χ1n) is 5.65. The van der Waals surface area contributed by atoms with Crippen molar-refractivity contribution in [2.75, 3.05) is 20.5 Å². The summed E-state index contributed by atoms with van der Waals surface area (Å²) in [5, 5.41) is 0. The summed E-state index contributed by atoms with van der Waals surface area (Å²) in [6.45, 7) is 3.11. The number of fused-ring (bicyclic) bond motifs is 1. The van der Waals surface area contributed by atoms with Crippen molar-refractivity contribution in [3.8, 4) is 23.8 Å². The molecule has 0 spiro atoms. The van der Waals surface area contributed by atoms with Gasteiger partial charge in [-0.05, 0) is 24.5 Å². The van der Waals surface area contributed by atoms with Gasteiger partial charge in [-0.2, -0.15) is 0 Å². The summed E-state index contributed by atoms with van der Waals surface area (Å²) in [5.41, 5.74) is 1.86. The number of ether oxygens (including phenoxy) is 3. The predicted octanol–water partition coefficient (Wildman–Crippen LogP) is 2.54. The number of rotatable bonds is 3. The molecule has 0 aliphatic carbocycles. The Balaban J connectivity index is 2.43. The van der Waals surface area contributed by atoms with Gasteiger partial charge in [0.15, 0.2) is 6.79 Å². The molecule has 3 nitrogen and oxygen atoms in total. The molecule has 3 heteroatoms. The molecule has 1 heterocycles. The SMILES string of the molecule is C#Cc1cc2c(c(OCOC)c1)C(C)CCO2. The van der Waals surface area contributed by atoms with E-state index in [9.17, 15) is 0 Å². The van der Waals surface area contributed by atoms with Crippen molar-refractivity contribution < 1.29 is 14.2 Å². The lowest BCUT2D eigenvalue weighted by Crippen LogP contribution is -2.14. The van der Waals surface area contributed by atoms with E-state index in [1.165, 1.54) is 0 Å². The van der Waals surface area contributed by atoms with Crippen LogP contribution in [-0.4, -0.2) is 20.5 Å². The quantitative estimate of drug-likeness (QED) is 0.592. The molecule has 0 bridgehead atoms. The molecule has 0 amide bonds. The Morgan fingerprint density at radius 1 is 1.53 bits per heavy atom. The van der Waals surface area contributed by atoms with Gasteiger partial charge >= 0.3 is 0 Å². The second-order valence-corrected chi connectivity index (χ2v) is 4.12. The minimum atomic E-state index is 0.215. The van der Waals surface area contributed by atoms with Crippen LogP contribution in [0.15, 0.2) is 12.1 Å². The van der Waals surface area contributed by atoms with Crippen LogP contribution in [0.5, 0.6) is 11.5 Å². The number of benzene rings is 1. The molecule has 0 saturated heterocycles. The molecule has 1 aromatic carbocycles. The number of terminal acetylenes is 1. The summed E-state index contributed by atoms with van der Waals surface area (Å²) >= 11 is 0. The van der Waals surface area contributed by atoms with Gasteiger partial charge in [0.2, 0.25) is 0 Å². The summed E-state index contributed by atoms with van der Waals surface area (Å²) in [5.74, 6) is 4.63. The first-order chi connectivity index (χ1) is 8.26. The van der Waals surface area contributed by atoms with Gasteiger partial charge in [-0.15, -0.1) is 6.42 Å². The molecule has 0 radical (unpaired) electrons. The topological polar surface area (TPSA) is 27.7 Å². The molecule has 1 atom stereocenters. The summed E-state index contributed by atoms with van der Waals surface area (Å²) in [7, 11) is 1.59. The second-order valence-electron chi connectivity index (χ2n) is 4.12. The van der Waals surface area contributed by atoms with E-state index in [1.807, 2.05) is 12.1 Å². The zero-order valence-corrected chi connectivity index (χ0v) is 10.2. The molecule has 0 saturated carbocycles. The van der Waals surface area contributed by atoms with Gasteiger partial charge in [-0.1, -0.05) is 12.8 Å². The maximum Gasteiger partial charge on any atom is 0.188 e. The summed E-state index contributed by atoms with van der Waals surface area (Å²) < 4.78 is 16.1. The average molecular weight is 232 g/mol. The van der Waals surface area contributed by atoms with Crippen LogP contribution in [0, 0.1) is 12.3 Å². The first kappa shape index (κ1) is 11.8. The average Bonchev–Trinajstić information content (AvgIpc) is 2.35. The maximum absolute atomic E-state index is 5.64. The Labute approximate surface area is 102 Å². The normalized spacial score (nSPS) is 17.8. The number of hydrogen-bond donors (Lipinski definition) is 0. The van der Waals surface area contributed by atoms with E-state index >= 15 is 0 Å². The van der Waals surface area contributed by atoms with Crippen molar-refractivity contribution in [2.24, 2.45) is 0 Å². The van der Waals surface area contributed by atoms with Crippen LogP contribution in [0.1, 0.15) is 30.4 Å². The number of hydrogen-bond acceptors (Lipinski definition) is 3. The minimum absolute atomic E-state index is 0.215. The van der Waals surface area contributed by atoms with E-state index < -0.39 is 0 Å². The largest absolute Gasteiger partial charge is 0.493 e. The highest BCUT2D eigenvalue weighted by molar-refractivity contribution is 5.54. The van der Waals surface area contributed by atoms with Crippen LogP contribution >= 0.6 is 0 Å². The van der Waals surface area contributed by atoms with Gasteiger partial charge in [0, 0.05) is 18.2 Å². The molecule has 0 fully saturated rings. The van der Waals surface area contributed by atoms with E-state index in [4.69, 9.17) is 20.6 Å². The summed E-state index contributed by atoms with van der Waals surface area (Å²) in [4.78, 5) is 0. The second kappa shape index (κ2) is 5.11. The van der Waals surface area contributed by atoms with Crippen LogP contribution in [0.2, 0.25) is 0 Å². The maximum atomic E-state index is 5.64. The van der Waals surface area contributed by atoms with E-state index in [0.29, 0.717) is 5.92 Å². The molecule has 1 aliphatic heterocycles. The van der Waals surface area contributed by atoms with Crippen LogP contribution in [0.3, 0.4) is 0 Å². The molecule has 1 unspecified atom stereocenters. The van der Waals surface area contributed by atoms with Crippen LogP contribution in [0.25, 0.3) is 0 Å². The third-order valence-corrected chi connectivity index (χ3v) is 2.90. The van der Waals surface area contributed by atoms with Crippen molar-refractivity contribution in [3.63, 3.8) is 0 Å². The Hall–Kier alpha value is -1.66. The van der Waals surface area contributed by atoms with Gasteiger partial charge in [-0.3, -0.25) is 0 Å². The molecular weight excluding hydrogens is 216 g/mol. The van der Waals surface area contributed by atoms with Gasteiger partial charge in [-0.25, -0.2) is 0 Å². The highest BCUT2D eigenvalue weighted by Gasteiger charge is 2.23. The zero-order valence-electron chi connectivity index (χ0n) is 10.2. The minimum Gasteiger partial charge on any atom is -0.493 e.